The van der Waals surface area contributed by atoms with Crippen molar-refractivity contribution in [2.75, 3.05) is 0 Å². The lowest BCUT2D eigenvalue weighted by Crippen LogP contribution is -1.85. The molecular weight excluding hydrogens is 151 g/mol. The smallest absolute Gasteiger partial charge is 0.100 e. The maximum Gasteiger partial charge on any atom is 0.100 e. The summed E-state index contributed by atoms with van der Waals surface area (Å²) in [6.07, 6.45) is 0. The quantitative estimate of drug-likeness (QED) is 0.593. The third-order valence-corrected chi connectivity index (χ3v) is 2.07. The van der Waals surface area contributed by atoms with Gasteiger partial charge in [0, 0.05) is 0 Å². The van der Waals surface area contributed by atoms with Gasteiger partial charge in [-0.1, -0.05) is 24.3 Å². The van der Waals surface area contributed by atoms with Crippen LogP contribution in [0.4, 0.5) is 4.39 Å². The molecule has 0 amide bonds. The number of allylic oxidation sites excluding steroid dienone is 2. The van der Waals surface area contributed by atoms with Gasteiger partial charge in [-0.3, -0.25) is 0 Å². The van der Waals surface area contributed by atoms with Crippen molar-refractivity contribution in [3.8, 4) is 0 Å². The van der Waals surface area contributed by atoms with Gasteiger partial charge >= 0.3 is 0 Å². The monoisotopic (exact) mass is 164 g/mol. The number of hydrogen-bond donors (Lipinski definition) is 0. The molecule has 0 nitrogen and oxygen atoms in total. The highest BCUT2D eigenvalue weighted by atomic mass is 19.1. The van der Waals surface area contributed by atoms with Crippen molar-refractivity contribution in [2.45, 2.75) is 20.8 Å². The van der Waals surface area contributed by atoms with Crippen molar-refractivity contribution in [3.63, 3.8) is 0 Å². The first-order valence-electron chi connectivity index (χ1n) is 4.02. The molecule has 0 saturated heterocycles. The van der Waals surface area contributed by atoms with E-state index in [0.29, 0.717) is 0 Å². The van der Waals surface area contributed by atoms with E-state index >= 15 is 0 Å². The van der Waals surface area contributed by atoms with Crippen molar-refractivity contribution < 1.29 is 4.39 Å². The molecule has 0 radical (unpaired) electrons. The van der Waals surface area contributed by atoms with Crippen LogP contribution in [0.2, 0.25) is 0 Å². The molecule has 0 aliphatic rings. The Balaban J connectivity index is 3.21. The zero-order valence-corrected chi connectivity index (χ0v) is 7.69. The molecule has 1 aromatic carbocycles. The number of aryl methyl sites for hydroxylation is 1. The first kappa shape index (κ1) is 8.98. The summed E-state index contributed by atoms with van der Waals surface area (Å²) in [5.41, 5.74) is 2.85. The highest BCUT2D eigenvalue weighted by Crippen LogP contribution is 2.21. The van der Waals surface area contributed by atoms with Crippen LogP contribution in [0.5, 0.6) is 0 Å². The lowest BCUT2D eigenvalue weighted by atomic mass is 10.0. The molecule has 1 rings (SSSR count). The second-order valence-corrected chi connectivity index (χ2v) is 2.97. The van der Waals surface area contributed by atoms with Gasteiger partial charge < -0.3 is 0 Å². The summed E-state index contributed by atoms with van der Waals surface area (Å²) in [6.45, 7) is 5.28. The predicted molar refractivity (Wildman–Crippen MR) is 50.6 cm³/mol. The molecule has 0 saturated carbocycles. The van der Waals surface area contributed by atoms with Crippen LogP contribution in [0.1, 0.15) is 25.0 Å². The molecule has 0 fully saturated rings. The molecule has 0 aliphatic heterocycles. The van der Waals surface area contributed by atoms with E-state index < -0.39 is 0 Å². The summed E-state index contributed by atoms with van der Waals surface area (Å²) in [5.74, 6) is -0.107. The molecule has 1 heteroatoms. The molecule has 1 aromatic rings. The van der Waals surface area contributed by atoms with Crippen LogP contribution in [0.3, 0.4) is 0 Å². The Morgan fingerprint density at radius 3 is 2.25 bits per heavy atom. The van der Waals surface area contributed by atoms with Crippen molar-refractivity contribution in [3.05, 3.63) is 41.2 Å². The lowest BCUT2D eigenvalue weighted by Gasteiger charge is -2.05. The normalized spacial score (nSPS) is 12.7. The van der Waals surface area contributed by atoms with Crippen molar-refractivity contribution in [1.82, 2.24) is 0 Å². The van der Waals surface area contributed by atoms with Crippen LogP contribution in [-0.4, -0.2) is 0 Å². The van der Waals surface area contributed by atoms with Gasteiger partial charge in [-0.2, -0.15) is 0 Å². The SMILES string of the molecule is C/C(F)=C(\C)c1ccccc1C. The molecule has 0 heterocycles. The fourth-order valence-corrected chi connectivity index (χ4v) is 1.18. The largest absolute Gasteiger partial charge is 0.212 e. The third-order valence-electron chi connectivity index (χ3n) is 2.07. The molecule has 0 unspecified atom stereocenters. The van der Waals surface area contributed by atoms with E-state index in [-0.39, 0.29) is 5.83 Å². The number of halogens is 1. The maximum atomic E-state index is 12.8. The molecule has 0 spiro atoms. The molecule has 12 heavy (non-hydrogen) atoms. The summed E-state index contributed by atoms with van der Waals surface area (Å²) in [7, 11) is 0. The maximum absolute atomic E-state index is 12.8. The Morgan fingerprint density at radius 1 is 1.17 bits per heavy atom. The summed E-state index contributed by atoms with van der Waals surface area (Å²) >= 11 is 0. The first-order chi connectivity index (χ1) is 5.63. The molecule has 0 N–H and O–H groups in total. The first-order valence-corrected chi connectivity index (χ1v) is 4.02. The molecule has 0 aromatic heterocycles. The second-order valence-electron chi connectivity index (χ2n) is 2.97. The highest BCUT2D eigenvalue weighted by Gasteiger charge is 2.01. The van der Waals surface area contributed by atoms with Gasteiger partial charge in [0.25, 0.3) is 0 Å². The second kappa shape index (κ2) is 3.53. The molecular formula is C11H13F. The van der Waals surface area contributed by atoms with Crippen LogP contribution in [0, 0.1) is 6.92 Å². The Kier molecular flexibility index (Phi) is 2.64. The standard InChI is InChI=1S/C11H13F/c1-8-6-4-5-7-11(8)9(2)10(3)12/h4-7H,1-3H3/b10-9-. The Labute approximate surface area is 72.7 Å². The average molecular weight is 164 g/mol. The molecule has 0 aliphatic carbocycles. The van der Waals surface area contributed by atoms with Gasteiger partial charge in [0.2, 0.25) is 0 Å². The van der Waals surface area contributed by atoms with E-state index in [1.807, 2.05) is 31.2 Å². The number of hydrogen-bond acceptors (Lipinski definition) is 0. The predicted octanol–water partition coefficient (Wildman–Crippen LogP) is 3.72. The molecule has 64 valence electrons. The fraction of sp³-hybridized carbons (Fsp3) is 0.273. The van der Waals surface area contributed by atoms with E-state index in [4.69, 9.17) is 0 Å². The van der Waals surface area contributed by atoms with E-state index in [1.54, 1.807) is 6.92 Å². The summed E-state index contributed by atoms with van der Waals surface area (Å²) in [5, 5.41) is 0. The Hall–Kier alpha value is -1.11. The van der Waals surface area contributed by atoms with Crippen LogP contribution in [-0.2, 0) is 0 Å². The zero-order valence-electron chi connectivity index (χ0n) is 7.69. The van der Waals surface area contributed by atoms with Crippen LogP contribution in [0.15, 0.2) is 30.1 Å². The third kappa shape index (κ3) is 1.73. The van der Waals surface area contributed by atoms with E-state index in [1.165, 1.54) is 6.92 Å². The minimum absolute atomic E-state index is 0.107. The van der Waals surface area contributed by atoms with Gasteiger partial charge in [0.05, 0.1) is 0 Å². The average Bonchev–Trinajstić information content (AvgIpc) is 2.04. The van der Waals surface area contributed by atoms with E-state index in [2.05, 4.69) is 0 Å². The van der Waals surface area contributed by atoms with Gasteiger partial charge in [0.15, 0.2) is 0 Å². The van der Waals surface area contributed by atoms with E-state index in [0.717, 1.165) is 16.7 Å². The molecule has 0 atom stereocenters. The Bertz CT molecular complexity index is 307. The van der Waals surface area contributed by atoms with Crippen LogP contribution >= 0.6 is 0 Å². The van der Waals surface area contributed by atoms with Gasteiger partial charge in [-0.15, -0.1) is 0 Å². The van der Waals surface area contributed by atoms with Gasteiger partial charge in [-0.05, 0) is 37.5 Å². The minimum atomic E-state index is -0.107. The van der Waals surface area contributed by atoms with Crippen molar-refractivity contribution >= 4 is 5.57 Å². The number of benzene rings is 1. The van der Waals surface area contributed by atoms with Crippen LogP contribution < -0.4 is 0 Å². The summed E-state index contributed by atoms with van der Waals surface area (Å²) in [4.78, 5) is 0. The molecule has 0 bridgehead atoms. The van der Waals surface area contributed by atoms with Gasteiger partial charge in [0.1, 0.15) is 5.83 Å². The minimum Gasteiger partial charge on any atom is -0.212 e. The van der Waals surface area contributed by atoms with Gasteiger partial charge in [-0.25, -0.2) is 4.39 Å². The summed E-state index contributed by atoms with van der Waals surface area (Å²) < 4.78 is 12.8. The highest BCUT2D eigenvalue weighted by molar-refractivity contribution is 5.67. The Morgan fingerprint density at radius 2 is 1.75 bits per heavy atom. The van der Waals surface area contributed by atoms with E-state index in [9.17, 15) is 4.39 Å². The van der Waals surface area contributed by atoms with Crippen molar-refractivity contribution in [1.29, 1.82) is 0 Å². The van der Waals surface area contributed by atoms with Crippen molar-refractivity contribution in [2.24, 2.45) is 0 Å². The zero-order chi connectivity index (χ0) is 9.14. The van der Waals surface area contributed by atoms with Crippen LogP contribution in [0.25, 0.3) is 5.57 Å². The number of rotatable bonds is 1. The topological polar surface area (TPSA) is 0 Å². The fourth-order valence-electron chi connectivity index (χ4n) is 1.18. The lowest BCUT2D eigenvalue weighted by molar-refractivity contribution is 0.643. The summed E-state index contributed by atoms with van der Waals surface area (Å²) in [6, 6.07) is 7.81.